The van der Waals surface area contributed by atoms with E-state index in [-0.39, 0.29) is 12.0 Å². The Hall–Kier alpha value is -0.980. The summed E-state index contributed by atoms with van der Waals surface area (Å²) in [5, 5.41) is 11.2. The van der Waals surface area contributed by atoms with Crippen LogP contribution in [0.5, 0.6) is 0 Å². The van der Waals surface area contributed by atoms with Crippen LogP contribution in [0, 0.1) is 10.1 Å². The molecule has 0 spiro atoms. The smallest absolute Gasteiger partial charge is 0.269 e. The van der Waals surface area contributed by atoms with Crippen molar-refractivity contribution in [3.8, 4) is 0 Å². The summed E-state index contributed by atoms with van der Waals surface area (Å²) in [7, 11) is 0. The van der Waals surface area contributed by atoms with Gasteiger partial charge in [-0.2, -0.15) is 0 Å². The summed E-state index contributed by atoms with van der Waals surface area (Å²) in [6.45, 7) is 0.761. The van der Waals surface area contributed by atoms with E-state index in [1.54, 1.807) is 6.07 Å². The van der Waals surface area contributed by atoms with Crippen molar-refractivity contribution >= 4 is 21.6 Å². The zero-order valence-corrected chi connectivity index (χ0v) is 9.97. The summed E-state index contributed by atoms with van der Waals surface area (Å²) >= 11 is 3.27. The highest BCUT2D eigenvalue weighted by molar-refractivity contribution is 9.09. The van der Waals surface area contributed by atoms with Gasteiger partial charge in [0.2, 0.25) is 0 Å². The molecule has 5 nitrogen and oxygen atoms in total. The number of halogens is 1. The molecule has 0 bridgehead atoms. The van der Waals surface area contributed by atoms with Crippen LogP contribution in [-0.4, -0.2) is 16.5 Å². The third-order valence-electron chi connectivity index (χ3n) is 2.38. The summed E-state index contributed by atoms with van der Waals surface area (Å²) in [6, 6.07) is 4.74. The largest absolute Gasteiger partial charge is 0.347 e. The number of nitro benzene ring substituents is 1. The van der Waals surface area contributed by atoms with Crippen LogP contribution < -0.4 is 0 Å². The number of nitrogens with zero attached hydrogens (tertiary/aromatic N) is 1. The molecule has 86 valence electrons. The van der Waals surface area contributed by atoms with Gasteiger partial charge in [0.1, 0.15) is 0 Å². The van der Waals surface area contributed by atoms with Gasteiger partial charge in [0, 0.05) is 12.1 Å². The van der Waals surface area contributed by atoms with Crippen molar-refractivity contribution < 1.29 is 14.4 Å². The number of nitro groups is 1. The fourth-order valence-electron chi connectivity index (χ4n) is 1.50. The van der Waals surface area contributed by atoms with Crippen molar-refractivity contribution in [1.29, 1.82) is 0 Å². The molecule has 1 aliphatic heterocycles. The van der Waals surface area contributed by atoms with Gasteiger partial charge >= 0.3 is 0 Å². The Morgan fingerprint density at radius 3 is 2.69 bits per heavy atom. The second-order valence-corrected chi connectivity index (χ2v) is 4.06. The Morgan fingerprint density at radius 1 is 1.38 bits per heavy atom. The first-order chi connectivity index (χ1) is 7.70. The van der Waals surface area contributed by atoms with E-state index in [1.165, 1.54) is 12.1 Å². The highest BCUT2D eigenvalue weighted by Crippen LogP contribution is 2.23. The number of hydrogen-bond acceptors (Lipinski definition) is 4. The zero-order chi connectivity index (χ0) is 11.5. The van der Waals surface area contributed by atoms with Gasteiger partial charge in [0.15, 0.2) is 6.29 Å². The van der Waals surface area contributed by atoms with Crippen molar-refractivity contribution in [3.63, 3.8) is 0 Å². The van der Waals surface area contributed by atoms with Crippen molar-refractivity contribution in [2.24, 2.45) is 0 Å². The molecule has 0 N–H and O–H groups in total. The molecule has 1 aromatic carbocycles. The quantitative estimate of drug-likeness (QED) is 0.476. The molecule has 2 rings (SSSR count). The van der Waals surface area contributed by atoms with Crippen LogP contribution >= 0.6 is 15.9 Å². The second kappa shape index (κ2) is 4.90. The minimum Gasteiger partial charge on any atom is -0.347 e. The average molecular weight is 288 g/mol. The van der Waals surface area contributed by atoms with Crippen molar-refractivity contribution in [3.05, 3.63) is 39.4 Å². The summed E-state index contributed by atoms with van der Waals surface area (Å²) in [5.74, 6) is 0. The summed E-state index contributed by atoms with van der Waals surface area (Å²) < 4.78 is 10.9. The van der Waals surface area contributed by atoms with E-state index in [2.05, 4.69) is 15.9 Å². The number of benzene rings is 1. The molecule has 1 atom stereocenters. The molecule has 0 unspecified atom stereocenters. The topological polar surface area (TPSA) is 61.6 Å². The molecular formula is C10H10BrNO4. The zero-order valence-electron chi connectivity index (χ0n) is 8.39. The minimum absolute atomic E-state index is 0.0830. The van der Waals surface area contributed by atoms with Crippen LogP contribution in [0.2, 0.25) is 0 Å². The van der Waals surface area contributed by atoms with Gasteiger partial charge in [-0.05, 0) is 17.2 Å². The number of hydrogen-bond donors (Lipinski definition) is 0. The fourth-order valence-corrected chi connectivity index (χ4v) is 1.88. The van der Waals surface area contributed by atoms with E-state index in [0.29, 0.717) is 18.5 Å². The fraction of sp³-hybridized carbons (Fsp3) is 0.400. The number of non-ortho nitro benzene ring substituents is 1. The molecule has 1 heterocycles. The monoisotopic (exact) mass is 287 g/mol. The third kappa shape index (κ3) is 2.40. The molecule has 0 aliphatic carbocycles. The molecule has 0 fully saturated rings. The lowest BCUT2D eigenvalue weighted by molar-refractivity contribution is -0.385. The van der Waals surface area contributed by atoms with Gasteiger partial charge < -0.3 is 9.47 Å². The SMILES string of the molecule is O=[N+]([O-])c1ccc2c(c1)CO[C@H](CBr)OC2. The van der Waals surface area contributed by atoms with Gasteiger partial charge in [-0.15, -0.1) is 0 Å². The lowest BCUT2D eigenvalue weighted by Crippen LogP contribution is -2.15. The van der Waals surface area contributed by atoms with E-state index in [0.717, 1.165) is 11.1 Å². The van der Waals surface area contributed by atoms with Crippen LogP contribution in [0.1, 0.15) is 11.1 Å². The van der Waals surface area contributed by atoms with Crippen molar-refractivity contribution in [1.82, 2.24) is 0 Å². The number of fused-ring (bicyclic) bond motifs is 1. The minimum atomic E-state index is -0.409. The lowest BCUT2D eigenvalue weighted by Gasteiger charge is -2.10. The van der Waals surface area contributed by atoms with Crippen LogP contribution in [-0.2, 0) is 22.7 Å². The maximum Gasteiger partial charge on any atom is 0.269 e. The molecule has 0 aromatic heterocycles. The molecular weight excluding hydrogens is 278 g/mol. The van der Waals surface area contributed by atoms with E-state index < -0.39 is 4.92 Å². The van der Waals surface area contributed by atoms with E-state index in [1.807, 2.05) is 0 Å². The Bertz CT molecular complexity index is 410. The number of rotatable bonds is 2. The predicted molar refractivity (Wildman–Crippen MR) is 60.3 cm³/mol. The number of ether oxygens (including phenoxy) is 2. The van der Waals surface area contributed by atoms with Gasteiger partial charge in [-0.1, -0.05) is 15.9 Å². The van der Waals surface area contributed by atoms with Gasteiger partial charge in [0.25, 0.3) is 5.69 Å². The molecule has 0 amide bonds. The van der Waals surface area contributed by atoms with E-state index in [9.17, 15) is 10.1 Å². The predicted octanol–water partition coefficient (Wildman–Crippen LogP) is 2.36. The summed E-state index contributed by atoms with van der Waals surface area (Å²) in [6.07, 6.45) is -0.300. The molecule has 0 saturated carbocycles. The van der Waals surface area contributed by atoms with Gasteiger partial charge in [-0.25, -0.2) is 0 Å². The highest BCUT2D eigenvalue weighted by atomic mass is 79.9. The second-order valence-electron chi connectivity index (χ2n) is 3.42. The average Bonchev–Trinajstić information content (AvgIpc) is 2.50. The Kier molecular flexibility index (Phi) is 3.52. The van der Waals surface area contributed by atoms with Crippen molar-refractivity contribution in [2.75, 3.05) is 5.33 Å². The maximum absolute atomic E-state index is 10.6. The molecule has 1 aromatic rings. The first-order valence-electron chi connectivity index (χ1n) is 4.76. The lowest BCUT2D eigenvalue weighted by atomic mass is 10.1. The molecule has 6 heteroatoms. The summed E-state index contributed by atoms with van der Waals surface area (Å²) in [4.78, 5) is 10.2. The van der Waals surface area contributed by atoms with E-state index >= 15 is 0 Å². The Labute approximate surface area is 101 Å². The number of alkyl halides is 1. The van der Waals surface area contributed by atoms with Gasteiger partial charge in [-0.3, -0.25) is 10.1 Å². The molecule has 16 heavy (non-hydrogen) atoms. The molecule has 0 radical (unpaired) electrons. The highest BCUT2D eigenvalue weighted by Gasteiger charge is 2.18. The van der Waals surface area contributed by atoms with Crippen molar-refractivity contribution in [2.45, 2.75) is 19.5 Å². The first-order valence-corrected chi connectivity index (χ1v) is 5.88. The van der Waals surface area contributed by atoms with Gasteiger partial charge in [0.05, 0.1) is 23.5 Å². The standard InChI is InChI=1S/C10H10BrNO4/c11-4-10-15-5-7-1-2-9(12(13)14)3-8(7)6-16-10/h1-3,10H,4-6H2/t10-/m1/s1. The Balaban J connectivity index is 2.25. The normalized spacial score (nSPS) is 19.9. The summed E-state index contributed by atoms with van der Waals surface area (Å²) in [5.41, 5.74) is 1.84. The van der Waals surface area contributed by atoms with Crippen LogP contribution in [0.25, 0.3) is 0 Å². The van der Waals surface area contributed by atoms with E-state index in [4.69, 9.17) is 9.47 Å². The molecule has 1 aliphatic rings. The molecule has 0 saturated heterocycles. The van der Waals surface area contributed by atoms with Crippen LogP contribution in [0.15, 0.2) is 18.2 Å². The first kappa shape index (κ1) is 11.5. The van der Waals surface area contributed by atoms with Crippen LogP contribution in [0.3, 0.4) is 0 Å². The third-order valence-corrected chi connectivity index (χ3v) is 2.90. The maximum atomic E-state index is 10.6. The van der Waals surface area contributed by atoms with Crippen LogP contribution in [0.4, 0.5) is 5.69 Å². The Morgan fingerprint density at radius 2 is 2.06 bits per heavy atom.